The van der Waals surface area contributed by atoms with Crippen LogP contribution in [-0.4, -0.2) is 10.4 Å². The summed E-state index contributed by atoms with van der Waals surface area (Å²) in [5, 5.41) is 0.960. The van der Waals surface area contributed by atoms with Gasteiger partial charge in [0.25, 0.3) is 0 Å². The lowest BCUT2D eigenvalue weighted by Crippen LogP contribution is -3.00. The second kappa shape index (κ2) is 8.57. The Labute approximate surface area is 180 Å². The summed E-state index contributed by atoms with van der Waals surface area (Å²) in [6, 6.07) is 12.6. The van der Waals surface area contributed by atoms with Gasteiger partial charge < -0.3 is 17.0 Å². The summed E-state index contributed by atoms with van der Waals surface area (Å²) in [5.41, 5.74) is 8.52. The monoisotopic (exact) mass is 517 g/mol. The zero-order chi connectivity index (χ0) is 18.1. The molecule has 8 heteroatoms. The van der Waals surface area contributed by atoms with Gasteiger partial charge >= 0.3 is 5.95 Å². The number of benzene rings is 2. The number of aromatic nitrogens is 2. The number of nitrogens with zero attached hydrogens (tertiary/aromatic N) is 2. The van der Waals surface area contributed by atoms with E-state index in [1.54, 1.807) is 28.8 Å². The Kier molecular flexibility index (Phi) is 6.91. The molecule has 136 valence electrons. The number of nitrogen functional groups attached to an aromatic ring is 1. The molecule has 0 aliphatic heterocycles. The fraction of sp³-hybridized carbons (Fsp3) is 0.111. The van der Waals surface area contributed by atoms with E-state index in [1.165, 1.54) is 0 Å². The highest BCUT2D eigenvalue weighted by molar-refractivity contribution is 9.10. The van der Waals surface area contributed by atoms with E-state index in [0.717, 1.165) is 15.7 Å². The van der Waals surface area contributed by atoms with Gasteiger partial charge in [0, 0.05) is 15.6 Å². The molecule has 2 N–H and O–H groups in total. The normalized spacial score (nSPS) is 10.5. The van der Waals surface area contributed by atoms with E-state index in [1.807, 2.05) is 36.0 Å². The Bertz CT molecular complexity index is 956. The van der Waals surface area contributed by atoms with E-state index < -0.39 is 0 Å². The lowest BCUT2D eigenvalue weighted by atomic mass is 10.1. The fourth-order valence-corrected chi connectivity index (χ4v) is 3.11. The Morgan fingerprint density at radius 2 is 1.81 bits per heavy atom. The SMILES string of the molecule is Cn1c(-c2ccc(Cl)c(Cl)c2)c[n+](CC(=O)c2ccc(Br)cc2)c1N.[Br-]. The quantitative estimate of drug-likeness (QED) is 0.420. The van der Waals surface area contributed by atoms with Crippen molar-refractivity contribution in [2.45, 2.75) is 6.54 Å². The fourth-order valence-electron chi connectivity index (χ4n) is 2.55. The molecule has 0 saturated carbocycles. The molecule has 0 aliphatic carbocycles. The van der Waals surface area contributed by atoms with E-state index in [4.69, 9.17) is 28.9 Å². The van der Waals surface area contributed by atoms with Gasteiger partial charge in [-0.15, -0.1) is 0 Å². The van der Waals surface area contributed by atoms with Crippen molar-refractivity contribution in [1.82, 2.24) is 4.57 Å². The van der Waals surface area contributed by atoms with Gasteiger partial charge in [0.05, 0.1) is 17.1 Å². The van der Waals surface area contributed by atoms with Crippen molar-refractivity contribution in [1.29, 1.82) is 0 Å². The maximum atomic E-state index is 12.5. The van der Waals surface area contributed by atoms with Gasteiger partial charge in [-0.25, -0.2) is 9.13 Å². The number of hydrogen-bond acceptors (Lipinski definition) is 2. The van der Waals surface area contributed by atoms with Crippen molar-refractivity contribution in [3.05, 3.63) is 68.7 Å². The molecule has 0 fully saturated rings. The Balaban J connectivity index is 0.00000243. The number of carbonyl (C=O) groups is 1. The van der Waals surface area contributed by atoms with Gasteiger partial charge in [0.15, 0.2) is 5.78 Å². The van der Waals surface area contributed by atoms with Crippen LogP contribution in [0, 0.1) is 0 Å². The molecule has 0 saturated heterocycles. The van der Waals surface area contributed by atoms with E-state index in [2.05, 4.69) is 15.9 Å². The molecular formula is C18H15Br2Cl2N3O. The van der Waals surface area contributed by atoms with Crippen molar-refractivity contribution < 1.29 is 26.3 Å². The first-order valence-electron chi connectivity index (χ1n) is 7.45. The summed E-state index contributed by atoms with van der Waals surface area (Å²) in [5.74, 6) is 0.460. The zero-order valence-electron chi connectivity index (χ0n) is 13.7. The highest BCUT2D eigenvalue weighted by atomic mass is 79.9. The Hall–Kier alpha value is -1.34. The van der Waals surface area contributed by atoms with Crippen LogP contribution >= 0.6 is 39.1 Å². The standard InChI is InChI=1S/C18H14BrCl2N3O.BrH/c1-23-16(12-4-7-14(20)15(21)8-12)9-24(18(23)22)10-17(25)11-2-5-13(19)6-3-11;/h2-9,22H,10H2,1H3;1H. The zero-order valence-corrected chi connectivity index (χ0v) is 18.4. The largest absolute Gasteiger partial charge is 1.00 e. The molecular weight excluding hydrogens is 505 g/mol. The van der Waals surface area contributed by atoms with Crippen LogP contribution in [0.15, 0.2) is 53.1 Å². The van der Waals surface area contributed by atoms with E-state index in [-0.39, 0.29) is 29.3 Å². The minimum Gasteiger partial charge on any atom is -1.00 e. The number of imidazole rings is 1. The molecule has 4 nitrogen and oxygen atoms in total. The molecule has 26 heavy (non-hydrogen) atoms. The minimum atomic E-state index is -0.0181. The molecule has 0 radical (unpaired) electrons. The predicted molar refractivity (Wildman–Crippen MR) is 104 cm³/mol. The Morgan fingerprint density at radius 3 is 2.42 bits per heavy atom. The van der Waals surface area contributed by atoms with Gasteiger partial charge in [-0.05, 0) is 30.3 Å². The van der Waals surface area contributed by atoms with Crippen molar-refractivity contribution in [3.8, 4) is 11.3 Å². The summed E-state index contributed by atoms with van der Waals surface area (Å²) < 4.78 is 4.47. The summed E-state index contributed by atoms with van der Waals surface area (Å²) in [6.07, 6.45) is 1.84. The van der Waals surface area contributed by atoms with Crippen LogP contribution < -0.4 is 27.3 Å². The molecule has 0 unspecified atom stereocenters. The van der Waals surface area contributed by atoms with Crippen molar-refractivity contribution in [3.63, 3.8) is 0 Å². The second-order valence-corrected chi connectivity index (χ2v) is 7.35. The van der Waals surface area contributed by atoms with Gasteiger partial charge in [0.2, 0.25) is 0 Å². The number of hydrogen-bond donors (Lipinski definition) is 1. The topological polar surface area (TPSA) is 51.9 Å². The molecule has 0 bridgehead atoms. The van der Waals surface area contributed by atoms with E-state index >= 15 is 0 Å². The van der Waals surface area contributed by atoms with Crippen LogP contribution in [0.1, 0.15) is 10.4 Å². The number of halogens is 4. The molecule has 1 heterocycles. The summed E-state index contributed by atoms with van der Waals surface area (Å²) >= 11 is 15.4. The smallest absolute Gasteiger partial charge is 0.355 e. The number of ketones is 1. The maximum Gasteiger partial charge on any atom is 0.355 e. The molecule has 1 aromatic heterocycles. The lowest BCUT2D eigenvalue weighted by molar-refractivity contribution is -0.667. The average molecular weight is 520 g/mol. The molecule has 3 rings (SSSR count). The highest BCUT2D eigenvalue weighted by Gasteiger charge is 2.20. The molecule has 3 aromatic rings. The first-order valence-corrected chi connectivity index (χ1v) is 9.00. The van der Waals surface area contributed by atoms with Crippen molar-refractivity contribution in [2.75, 3.05) is 5.73 Å². The third kappa shape index (κ3) is 4.31. The molecule has 2 aromatic carbocycles. The van der Waals surface area contributed by atoms with Crippen LogP contribution in [0.2, 0.25) is 10.0 Å². The second-order valence-electron chi connectivity index (χ2n) is 5.62. The highest BCUT2D eigenvalue weighted by Crippen LogP contribution is 2.28. The van der Waals surface area contributed by atoms with Crippen LogP contribution in [0.4, 0.5) is 5.95 Å². The van der Waals surface area contributed by atoms with Crippen molar-refractivity contribution >= 4 is 50.9 Å². The van der Waals surface area contributed by atoms with Gasteiger partial charge in [-0.3, -0.25) is 10.5 Å². The number of anilines is 1. The molecule has 0 atom stereocenters. The number of rotatable bonds is 4. The maximum absolute atomic E-state index is 12.5. The molecule has 0 spiro atoms. The van der Waals surface area contributed by atoms with Crippen LogP contribution in [-0.2, 0) is 13.6 Å². The first kappa shape index (κ1) is 21.0. The van der Waals surface area contributed by atoms with Crippen LogP contribution in [0.3, 0.4) is 0 Å². The molecule has 0 amide bonds. The first-order chi connectivity index (χ1) is 11.9. The predicted octanol–water partition coefficient (Wildman–Crippen LogP) is 1.52. The average Bonchev–Trinajstić information content (AvgIpc) is 2.86. The number of carbonyl (C=O) groups excluding carboxylic acids is 1. The summed E-state index contributed by atoms with van der Waals surface area (Å²) in [6.45, 7) is 0.155. The third-order valence-corrected chi connectivity index (χ3v) is 5.24. The molecule has 0 aliphatic rings. The van der Waals surface area contributed by atoms with Gasteiger partial charge in [-0.1, -0.05) is 51.3 Å². The number of Topliss-reactive ketones (excluding diaryl/α,β-unsaturated/α-hetero) is 1. The van der Waals surface area contributed by atoms with Crippen LogP contribution in [0.5, 0.6) is 0 Å². The van der Waals surface area contributed by atoms with E-state index in [9.17, 15) is 4.79 Å². The summed E-state index contributed by atoms with van der Waals surface area (Å²) in [4.78, 5) is 12.5. The minimum absolute atomic E-state index is 0. The van der Waals surface area contributed by atoms with Crippen LogP contribution in [0.25, 0.3) is 11.3 Å². The Morgan fingerprint density at radius 1 is 1.15 bits per heavy atom. The van der Waals surface area contributed by atoms with Crippen molar-refractivity contribution in [2.24, 2.45) is 7.05 Å². The summed E-state index contributed by atoms with van der Waals surface area (Å²) in [7, 11) is 1.84. The van der Waals surface area contributed by atoms with E-state index in [0.29, 0.717) is 21.6 Å². The number of nitrogens with two attached hydrogens (primary N) is 1. The lowest BCUT2D eigenvalue weighted by Gasteiger charge is -2.01. The third-order valence-electron chi connectivity index (χ3n) is 3.97. The van der Waals surface area contributed by atoms with Gasteiger partial charge in [0.1, 0.15) is 18.4 Å². The van der Waals surface area contributed by atoms with Gasteiger partial charge in [-0.2, -0.15) is 0 Å².